The van der Waals surface area contributed by atoms with Gasteiger partial charge in [0.05, 0.1) is 11.9 Å². The zero-order valence-corrected chi connectivity index (χ0v) is 10.9. The Labute approximate surface area is 116 Å². The molecule has 3 rings (SSSR count). The van der Waals surface area contributed by atoms with Gasteiger partial charge in [-0.3, -0.25) is 4.79 Å². The minimum Gasteiger partial charge on any atom is -0.606 e. The summed E-state index contributed by atoms with van der Waals surface area (Å²) < 4.78 is 12.4. The highest BCUT2D eigenvalue weighted by molar-refractivity contribution is 7.92. The van der Waals surface area contributed by atoms with E-state index in [9.17, 15) is 9.35 Å². The number of anilines is 2. The van der Waals surface area contributed by atoms with Crippen LogP contribution >= 0.6 is 11.6 Å². The maximum absolute atomic E-state index is 12.4. The van der Waals surface area contributed by atoms with Crippen LogP contribution in [0.15, 0.2) is 39.0 Å². The predicted octanol–water partition coefficient (Wildman–Crippen LogP) is 2.12. The Kier molecular flexibility index (Phi) is 2.75. The molecule has 2 N–H and O–H groups in total. The second-order valence-corrected chi connectivity index (χ2v) is 5.73. The first-order valence-corrected chi connectivity index (χ1v) is 6.78. The maximum Gasteiger partial charge on any atom is 0.268 e. The molecule has 0 aliphatic carbocycles. The molecule has 0 bridgehead atoms. The fraction of sp³-hybridized carbons (Fsp3) is 0. The Morgan fingerprint density at radius 3 is 2.89 bits per heavy atom. The largest absolute Gasteiger partial charge is 0.606 e. The van der Waals surface area contributed by atoms with Crippen molar-refractivity contribution < 1.29 is 4.55 Å². The van der Waals surface area contributed by atoms with E-state index in [1.807, 2.05) is 6.07 Å². The molecule has 5 nitrogen and oxygen atoms in total. The Balaban J connectivity index is 2.27. The van der Waals surface area contributed by atoms with Gasteiger partial charge in [-0.15, -0.1) is 0 Å². The lowest BCUT2D eigenvalue weighted by atomic mass is 10.2. The van der Waals surface area contributed by atoms with Crippen LogP contribution < -0.4 is 10.9 Å². The topological polar surface area (TPSA) is 91.7 Å². The third kappa shape index (κ3) is 1.79. The number of nitrogens with zero attached hydrogens (tertiary/aromatic N) is 1. The van der Waals surface area contributed by atoms with E-state index in [4.69, 9.17) is 16.9 Å². The van der Waals surface area contributed by atoms with Gasteiger partial charge in [0, 0.05) is 22.3 Å². The van der Waals surface area contributed by atoms with Crippen molar-refractivity contribution in [2.24, 2.45) is 0 Å². The van der Waals surface area contributed by atoms with Crippen molar-refractivity contribution in [3.05, 3.63) is 45.3 Å². The summed E-state index contributed by atoms with van der Waals surface area (Å²) in [6.07, 6.45) is 1.35. The predicted molar refractivity (Wildman–Crippen MR) is 71.2 cm³/mol. The van der Waals surface area contributed by atoms with Crippen LogP contribution in [-0.4, -0.2) is 9.54 Å². The first kappa shape index (κ1) is 12.1. The first-order chi connectivity index (χ1) is 9.11. The number of hydrogen-bond acceptors (Lipinski definition) is 4. The molecule has 2 aromatic rings. The van der Waals surface area contributed by atoms with Crippen LogP contribution in [-0.2, 0) is 11.2 Å². The number of nitriles is 1. The van der Waals surface area contributed by atoms with E-state index in [-0.39, 0.29) is 5.56 Å². The van der Waals surface area contributed by atoms with Gasteiger partial charge < -0.3 is 14.9 Å². The van der Waals surface area contributed by atoms with Crippen molar-refractivity contribution in [1.82, 2.24) is 4.98 Å². The molecule has 0 fully saturated rings. The highest BCUT2D eigenvalue weighted by atomic mass is 35.5. The molecule has 0 amide bonds. The summed E-state index contributed by atoms with van der Waals surface area (Å²) in [5.74, 6) is 0. The molecule has 0 spiro atoms. The molecule has 1 unspecified atom stereocenters. The average Bonchev–Trinajstić information content (AvgIpc) is 2.40. The number of halogens is 1. The van der Waals surface area contributed by atoms with E-state index in [0.29, 0.717) is 26.2 Å². The summed E-state index contributed by atoms with van der Waals surface area (Å²) in [7, 11) is 0. The molecule has 1 atom stereocenters. The Hall–Kier alpha value is -1.94. The van der Waals surface area contributed by atoms with Gasteiger partial charge >= 0.3 is 0 Å². The van der Waals surface area contributed by atoms with Gasteiger partial charge in [0.1, 0.15) is 17.3 Å². The van der Waals surface area contributed by atoms with Crippen molar-refractivity contribution in [2.45, 2.75) is 9.79 Å². The number of aromatic amines is 1. The number of fused-ring (bicyclic) bond motifs is 2. The average molecular weight is 292 g/mol. The first-order valence-electron chi connectivity index (χ1n) is 5.26. The number of hydrogen-bond donors (Lipinski definition) is 2. The molecule has 7 heteroatoms. The van der Waals surface area contributed by atoms with Gasteiger partial charge in [-0.2, -0.15) is 5.26 Å². The lowest BCUT2D eigenvalue weighted by Crippen LogP contribution is -2.21. The molecule has 0 saturated carbocycles. The van der Waals surface area contributed by atoms with E-state index < -0.39 is 16.7 Å². The standard InChI is InChI=1S/C12H6ClN3O2S/c13-6-1-2-8-9(3-6)19(18)10-5-15-12(17)7(4-14)11(10)16-8/h1-3,5,16H,(H,15,17). The van der Waals surface area contributed by atoms with Crippen molar-refractivity contribution in [3.8, 4) is 6.07 Å². The SMILES string of the molecule is N#Cc1c2c(c[nH]c1=O)[S+]([O-])c1cc(Cl)ccc1N2. The van der Waals surface area contributed by atoms with E-state index >= 15 is 0 Å². The summed E-state index contributed by atoms with van der Waals surface area (Å²) in [4.78, 5) is 14.9. The monoisotopic (exact) mass is 291 g/mol. The number of benzene rings is 1. The lowest BCUT2D eigenvalue weighted by Gasteiger charge is -2.23. The molecule has 1 aliphatic rings. The van der Waals surface area contributed by atoms with E-state index in [1.54, 1.807) is 18.2 Å². The highest BCUT2D eigenvalue weighted by Gasteiger charge is 2.31. The number of nitrogens with one attached hydrogen (secondary N) is 2. The number of rotatable bonds is 0. The van der Waals surface area contributed by atoms with E-state index in [1.165, 1.54) is 6.20 Å². The summed E-state index contributed by atoms with van der Waals surface area (Å²) in [5.41, 5.74) is 0.284. The molecule has 0 saturated heterocycles. The van der Waals surface area contributed by atoms with Crippen LogP contribution in [0.4, 0.5) is 11.4 Å². The summed E-state index contributed by atoms with van der Waals surface area (Å²) in [5, 5.41) is 12.5. The fourth-order valence-corrected chi connectivity index (χ4v) is 3.43. The van der Waals surface area contributed by atoms with Crippen LogP contribution in [0.1, 0.15) is 5.56 Å². The lowest BCUT2D eigenvalue weighted by molar-refractivity contribution is 0.594. The molecule has 1 aromatic heterocycles. The van der Waals surface area contributed by atoms with Crippen LogP contribution in [0.5, 0.6) is 0 Å². The summed E-state index contributed by atoms with van der Waals surface area (Å²) in [6, 6.07) is 6.73. The summed E-state index contributed by atoms with van der Waals surface area (Å²) >= 11 is 4.39. The molecule has 2 heterocycles. The molecule has 94 valence electrons. The van der Waals surface area contributed by atoms with Crippen LogP contribution in [0.25, 0.3) is 0 Å². The van der Waals surface area contributed by atoms with E-state index in [2.05, 4.69) is 10.3 Å². The van der Waals surface area contributed by atoms with Crippen molar-refractivity contribution >= 4 is 34.2 Å². The highest BCUT2D eigenvalue weighted by Crippen LogP contribution is 2.40. The fourth-order valence-electron chi connectivity index (χ4n) is 1.90. The second-order valence-electron chi connectivity index (χ2n) is 3.88. The zero-order chi connectivity index (χ0) is 13.6. The van der Waals surface area contributed by atoms with Gasteiger partial charge in [-0.05, 0) is 12.1 Å². The quantitative estimate of drug-likeness (QED) is 0.727. The number of pyridine rings is 1. The van der Waals surface area contributed by atoms with Crippen molar-refractivity contribution in [1.29, 1.82) is 5.26 Å². The van der Waals surface area contributed by atoms with Gasteiger partial charge in [0.15, 0.2) is 9.79 Å². The smallest absolute Gasteiger partial charge is 0.268 e. The Morgan fingerprint density at radius 2 is 2.16 bits per heavy atom. The molecule has 0 radical (unpaired) electrons. The molecule has 1 aliphatic heterocycles. The Morgan fingerprint density at radius 1 is 1.37 bits per heavy atom. The molecular weight excluding hydrogens is 286 g/mol. The minimum absolute atomic E-state index is 0.0774. The third-order valence-electron chi connectivity index (χ3n) is 2.77. The van der Waals surface area contributed by atoms with Gasteiger partial charge in [0.2, 0.25) is 0 Å². The number of H-pyrrole nitrogens is 1. The van der Waals surface area contributed by atoms with Crippen molar-refractivity contribution in [2.75, 3.05) is 5.32 Å². The van der Waals surface area contributed by atoms with Crippen LogP contribution in [0.2, 0.25) is 5.02 Å². The maximum atomic E-state index is 12.4. The normalized spacial score (nSPS) is 15.9. The van der Waals surface area contributed by atoms with Crippen molar-refractivity contribution in [3.63, 3.8) is 0 Å². The minimum atomic E-state index is -1.49. The van der Waals surface area contributed by atoms with Crippen LogP contribution in [0, 0.1) is 11.3 Å². The summed E-state index contributed by atoms with van der Waals surface area (Å²) in [6.45, 7) is 0. The molecular formula is C12H6ClN3O2S. The van der Waals surface area contributed by atoms with Gasteiger partial charge in [-0.25, -0.2) is 0 Å². The van der Waals surface area contributed by atoms with Gasteiger partial charge in [-0.1, -0.05) is 11.6 Å². The molecule has 19 heavy (non-hydrogen) atoms. The van der Waals surface area contributed by atoms with E-state index in [0.717, 1.165) is 0 Å². The Bertz CT molecular complexity index is 782. The van der Waals surface area contributed by atoms with Crippen LogP contribution in [0.3, 0.4) is 0 Å². The van der Waals surface area contributed by atoms with Gasteiger partial charge in [0.25, 0.3) is 5.56 Å². The third-order valence-corrected chi connectivity index (χ3v) is 4.47. The second kappa shape index (κ2) is 4.31. The zero-order valence-electron chi connectivity index (χ0n) is 9.36. The number of aromatic nitrogens is 1. The molecule has 1 aromatic carbocycles.